The molecule has 0 aromatic carbocycles. The average molecular weight is 178 g/mol. The molecule has 0 aliphatic rings. The van der Waals surface area contributed by atoms with Gasteiger partial charge < -0.3 is 9.26 Å². The molecule has 0 atom stereocenters. The molecular formula is C7H6N4O2. The fraction of sp³-hybridized carbons (Fsp3) is 0.143. The summed E-state index contributed by atoms with van der Waals surface area (Å²) >= 11 is 0. The first kappa shape index (κ1) is 7.66. The Balaban J connectivity index is 2.33. The lowest BCUT2D eigenvalue weighted by atomic mass is 10.5. The second kappa shape index (κ2) is 3.18. The zero-order valence-electron chi connectivity index (χ0n) is 6.84. The van der Waals surface area contributed by atoms with Crippen molar-refractivity contribution in [2.24, 2.45) is 0 Å². The van der Waals surface area contributed by atoms with E-state index in [2.05, 4.69) is 24.6 Å². The Morgan fingerprint density at radius 2 is 1.92 bits per heavy atom. The van der Waals surface area contributed by atoms with Crippen LogP contribution in [0.5, 0.6) is 5.75 Å². The van der Waals surface area contributed by atoms with Gasteiger partial charge in [0.25, 0.3) is 0 Å². The topological polar surface area (TPSA) is 73.9 Å². The summed E-state index contributed by atoms with van der Waals surface area (Å²) in [5.41, 5.74) is 0. The first-order chi connectivity index (χ1) is 6.40. The van der Waals surface area contributed by atoms with E-state index >= 15 is 0 Å². The van der Waals surface area contributed by atoms with Crippen molar-refractivity contribution in [3.63, 3.8) is 0 Å². The van der Waals surface area contributed by atoms with Gasteiger partial charge >= 0.3 is 0 Å². The standard InChI is InChI=1S/C7H6N4O2/c1-12-5-2-8-6(9-3-5)7-10-4-13-11-7/h2-4H,1H3. The van der Waals surface area contributed by atoms with Gasteiger partial charge in [0.1, 0.15) is 0 Å². The maximum Gasteiger partial charge on any atom is 0.239 e. The molecular weight excluding hydrogens is 172 g/mol. The number of hydrogen-bond donors (Lipinski definition) is 0. The van der Waals surface area contributed by atoms with E-state index in [0.29, 0.717) is 17.4 Å². The molecule has 0 unspecified atom stereocenters. The van der Waals surface area contributed by atoms with Gasteiger partial charge in [0.2, 0.25) is 18.0 Å². The number of methoxy groups -OCH3 is 1. The van der Waals surface area contributed by atoms with Crippen molar-refractivity contribution in [2.75, 3.05) is 7.11 Å². The minimum atomic E-state index is 0.364. The third-order valence-corrected chi connectivity index (χ3v) is 1.43. The molecule has 0 bridgehead atoms. The van der Waals surface area contributed by atoms with E-state index in [0.717, 1.165) is 0 Å². The molecule has 6 heteroatoms. The Labute approximate surface area is 73.6 Å². The van der Waals surface area contributed by atoms with Gasteiger partial charge in [0, 0.05) is 0 Å². The first-order valence-corrected chi connectivity index (χ1v) is 3.53. The zero-order valence-corrected chi connectivity index (χ0v) is 6.84. The van der Waals surface area contributed by atoms with Crippen molar-refractivity contribution < 1.29 is 9.26 Å². The van der Waals surface area contributed by atoms with Crippen LogP contribution in [0.25, 0.3) is 11.6 Å². The molecule has 2 rings (SSSR count). The molecule has 6 nitrogen and oxygen atoms in total. The summed E-state index contributed by atoms with van der Waals surface area (Å²) in [5.74, 6) is 1.37. The van der Waals surface area contributed by atoms with E-state index in [4.69, 9.17) is 4.74 Å². The molecule has 0 aliphatic heterocycles. The predicted octanol–water partition coefficient (Wildman–Crippen LogP) is 0.535. The van der Waals surface area contributed by atoms with Crippen LogP contribution in [0.1, 0.15) is 0 Å². The highest BCUT2D eigenvalue weighted by atomic mass is 16.5. The smallest absolute Gasteiger partial charge is 0.239 e. The third-order valence-electron chi connectivity index (χ3n) is 1.43. The average Bonchev–Trinajstić information content (AvgIpc) is 2.71. The SMILES string of the molecule is COc1cnc(-c2ncon2)nc1. The van der Waals surface area contributed by atoms with Crippen LogP contribution in [0.4, 0.5) is 0 Å². The van der Waals surface area contributed by atoms with Crippen LogP contribution >= 0.6 is 0 Å². The summed E-state index contributed by atoms with van der Waals surface area (Å²) < 4.78 is 9.45. The van der Waals surface area contributed by atoms with Gasteiger partial charge in [-0.25, -0.2) is 9.97 Å². The molecule has 0 spiro atoms. The van der Waals surface area contributed by atoms with Crippen molar-refractivity contribution in [3.05, 3.63) is 18.8 Å². The summed E-state index contributed by atoms with van der Waals surface area (Å²) in [6, 6.07) is 0. The highest BCUT2D eigenvalue weighted by Crippen LogP contribution is 2.10. The summed E-state index contributed by atoms with van der Waals surface area (Å²) in [4.78, 5) is 11.7. The van der Waals surface area contributed by atoms with Gasteiger partial charge in [-0.3, -0.25) is 0 Å². The van der Waals surface area contributed by atoms with Crippen LogP contribution in [0, 0.1) is 0 Å². The van der Waals surface area contributed by atoms with Gasteiger partial charge in [-0.05, 0) is 0 Å². The molecule has 0 radical (unpaired) electrons. The van der Waals surface area contributed by atoms with Crippen LogP contribution in [0.2, 0.25) is 0 Å². The highest BCUT2D eigenvalue weighted by molar-refractivity contribution is 5.40. The summed E-state index contributed by atoms with van der Waals surface area (Å²) in [5, 5.41) is 3.59. The van der Waals surface area contributed by atoms with E-state index in [-0.39, 0.29) is 0 Å². The first-order valence-electron chi connectivity index (χ1n) is 3.53. The quantitative estimate of drug-likeness (QED) is 0.667. The lowest BCUT2D eigenvalue weighted by molar-refractivity contribution is 0.410. The second-order valence-electron chi connectivity index (χ2n) is 2.20. The van der Waals surface area contributed by atoms with Crippen molar-refractivity contribution in [2.45, 2.75) is 0 Å². The summed E-state index contributed by atoms with van der Waals surface area (Å²) in [6.07, 6.45) is 4.31. The Morgan fingerprint density at radius 3 is 2.46 bits per heavy atom. The molecule has 0 saturated carbocycles. The minimum Gasteiger partial charge on any atom is -0.494 e. The zero-order chi connectivity index (χ0) is 9.10. The molecule has 0 aliphatic carbocycles. The maximum atomic E-state index is 4.90. The molecule has 2 heterocycles. The molecule has 0 fully saturated rings. The molecule has 13 heavy (non-hydrogen) atoms. The monoisotopic (exact) mass is 178 g/mol. The number of nitrogens with zero attached hydrogens (tertiary/aromatic N) is 4. The lowest BCUT2D eigenvalue weighted by Gasteiger charge is -1.96. The van der Waals surface area contributed by atoms with Crippen LogP contribution < -0.4 is 4.74 Å². The molecule has 66 valence electrons. The van der Waals surface area contributed by atoms with Crippen molar-refractivity contribution >= 4 is 0 Å². The van der Waals surface area contributed by atoms with E-state index in [1.807, 2.05) is 0 Å². The van der Waals surface area contributed by atoms with Gasteiger partial charge in [0.15, 0.2) is 5.75 Å². The number of rotatable bonds is 2. The summed E-state index contributed by atoms with van der Waals surface area (Å²) in [6.45, 7) is 0. The molecule has 2 aromatic rings. The van der Waals surface area contributed by atoms with Crippen LogP contribution in [0.15, 0.2) is 23.3 Å². The maximum absolute atomic E-state index is 4.90. The van der Waals surface area contributed by atoms with Gasteiger partial charge in [-0.2, -0.15) is 4.98 Å². The normalized spacial score (nSPS) is 9.92. The minimum absolute atomic E-state index is 0.364. The second-order valence-corrected chi connectivity index (χ2v) is 2.20. The molecule has 0 N–H and O–H groups in total. The van der Waals surface area contributed by atoms with Crippen LogP contribution in [0.3, 0.4) is 0 Å². The third kappa shape index (κ3) is 1.46. The van der Waals surface area contributed by atoms with Crippen molar-refractivity contribution in [1.82, 2.24) is 20.1 Å². The molecule has 0 saturated heterocycles. The predicted molar refractivity (Wildman–Crippen MR) is 41.9 cm³/mol. The Hall–Kier alpha value is -1.98. The summed E-state index contributed by atoms with van der Waals surface area (Å²) in [7, 11) is 1.55. The van der Waals surface area contributed by atoms with Gasteiger partial charge in [0.05, 0.1) is 19.5 Å². The van der Waals surface area contributed by atoms with Crippen LogP contribution in [-0.4, -0.2) is 27.2 Å². The van der Waals surface area contributed by atoms with E-state index in [1.165, 1.54) is 6.39 Å². The Bertz CT molecular complexity index is 370. The van der Waals surface area contributed by atoms with Gasteiger partial charge in [-0.1, -0.05) is 5.16 Å². The molecule has 2 aromatic heterocycles. The van der Waals surface area contributed by atoms with Crippen molar-refractivity contribution in [3.8, 4) is 17.4 Å². The van der Waals surface area contributed by atoms with Crippen molar-refractivity contribution in [1.29, 1.82) is 0 Å². The fourth-order valence-corrected chi connectivity index (χ4v) is 0.806. The molecule has 0 amide bonds. The highest BCUT2D eigenvalue weighted by Gasteiger charge is 2.05. The Morgan fingerprint density at radius 1 is 1.15 bits per heavy atom. The number of aromatic nitrogens is 4. The van der Waals surface area contributed by atoms with E-state index < -0.39 is 0 Å². The van der Waals surface area contributed by atoms with Crippen LogP contribution in [-0.2, 0) is 0 Å². The Kier molecular flexibility index (Phi) is 1.87. The van der Waals surface area contributed by atoms with E-state index in [1.54, 1.807) is 19.5 Å². The number of ether oxygens (including phenoxy) is 1. The lowest BCUT2D eigenvalue weighted by Crippen LogP contribution is -1.91. The number of hydrogen-bond acceptors (Lipinski definition) is 6. The fourth-order valence-electron chi connectivity index (χ4n) is 0.806. The largest absolute Gasteiger partial charge is 0.494 e. The van der Waals surface area contributed by atoms with E-state index in [9.17, 15) is 0 Å². The van der Waals surface area contributed by atoms with Gasteiger partial charge in [-0.15, -0.1) is 0 Å².